The van der Waals surface area contributed by atoms with Gasteiger partial charge in [-0.3, -0.25) is 0 Å². The third kappa shape index (κ3) is 4.40. The Morgan fingerprint density at radius 1 is 1.08 bits per heavy atom. The highest BCUT2D eigenvalue weighted by Crippen LogP contribution is 2.45. The van der Waals surface area contributed by atoms with Crippen molar-refractivity contribution in [1.82, 2.24) is 0 Å². The summed E-state index contributed by atoms with van der Waals surface area (Å²) in [6.07, 6.45) is 0. The number of allylic oxidation sites excluding steroid dienone is 1. The second-order valence-electron chi connectivity index (χ2n) is 8.34. The van der Waals surface area contributed by atoms with Gasteiger partial charge in [-0.05, 0) is 42.8 Å². The number of nitrogens with zero attached hydrogens (tertiary/aromatic N) is 1. The fourth-order valence-electron chi connectivity index (χ4n) is 4.35. The lowest BCUT2D eigenvalue weighted by Crippen LogP contribution is -2.22. The van der Waals surface area contributed by atoms with E-state index in [2.05, 4.69) is 6.07 Å². The molecular formula is C29H22N2O7. The van der Waals surface area contributed by atoms with Crippen molar-refractivity contribution in [2.45, 2.75) is 12.8 Å². The molecule has 0 amide bonds. The van der Waals surface area contributed by atoms with Crippen LogP contribution < -0.4 is 30.3 Å². The molecule has 1 unspecified atom stereocenters. The molecule has 0 saturated heterocycles. The van der Waals surface area contributed by atoms with E-state index in [9.17, 15) is 14.9 Å². The first-order valence-corrected chi connectivity index (χ1v) is 11.7. The molecule has 38 heavy (non-hydrogen) atoms. The van der Waals surface area contributed by atoms with Crippen LogP contribution in [0.15, 0.2) is 87.4 Å². The Morgan fingerprint density at radius 3 is 2.66 bits per heavy atom. The molecule has 1 aliphatic rings. The van der Waals surface area contributed by atoms with E-state index in [1.807, 2.05) is 13.0 Å². The fourth-order valence-corrected chi connectivity index (χ4v) is 4.35. The zero-order valence-corrected chi connectivity index (χ0v) is 20.5. The first-order valence-electron chi connectivity index (χ1n) is 11.7. The molecule has 190 valence electrons. The lowest BCUT2D eigenvalue weighted by molar-refractivity contribution is 0.0730. The summed E-state index contributed by atoms with van der Waals surface area (Å²) >= 11 is 0. The van der Waals surface area contributed by atoms with Crippen molar-refractivity contribution in [3.05, 3.63) is 105 Å². The van der Waals surface area contributed by atoms with Gasteiger partial charge >= 0.3 is 11.6 Å². The predicted octanol–water partition coefficient (Wildman–Crippen LogP) is 4.64. The molecule has 0 aliphatic carbocycles. The number of nitriles is 1. The molecule has 0 radical (unpaired) electrons. The monoisotopic (exact) mass is 510 g/mol. The van der Waals surface area contributed by atoms with Gasteiger partial charge in [-0.25, -0.2) is 9.59 Å². The van der Waals surface area contributed by atoms with E-state index in [1.54, 1.807) is 48.5 Å². The lowest BCUT2D eigenvalue weighted by atomic mass is 9.83. The molecule has 0 spiro atoms. The highest BCUT2D eigenvalue weighted by molar-refractivity contribution is 5.94. The zero-order chi connectivity index (χ0) is 26.8. The van der Waals surface area contributed by atoms with Crippen LogP contribution in [0.2, 0.25) is 0 Å². The van der Waals surface area contributed by atoms with E-state index in [4.69, 9.17) is 29.1 Å². The third-order valence-electron chi connectivity index (χ3n) is 6.08. The standard InChI is InChI=1S/C29H22N2O7/c1-3-35-23-11-8-17(13-25(23)34-2)26-19-10-9-18(14-24(19)37-27(31)21(26)15-30)36-28(32)20-12-16-6-4-5-7-22(16)38-29(20)33/h4-14,26H,3,31H2,1-2H3. The highest BCUT2D eigenvalue weighted by atomic mass is 16.5. The van der Waals surface area contributed by atoms with Crippen molar-refractivity contribution in [2.75, 3.05) is 13.7 Å². The number of para-hydroxylation sites is 1. The summed E-state index contributed by atoms with van der Waals surface area (Å²) in [5.41, 5.74) is 7.01. The molecule has 0 bridgehead atoms. The molecule has 3 aromatic carbocycles. The normalized spacial score (nSPS) is 14.3. The SMILES string of the molecule is CCOc1ccc(C2C(C#N)=C(N)Oc3cc(OC(=O)c4cc5ccccc5oc4=O)ccc32)cc1OC. The van der Waals surface area contributed by atoms with Crippen LogP contribution in [0.1, 0.15) is 34.3 Å². The Balaban J connectivity index is 1.50. The molecule has 5 rings (SSSR count). The van der Waals surface area contributed by atoms with Crippen molar-refractivity contribution < 1.29 is 28.2 Å². The van der Waals surface area contributed by atoms with Crippen molar-refractivity contribution in [2.24, 2.45) is 5.73 Å². The van der Waals surface area contributed by atoms with Gasteiger partial charge in [0.05, 0.1) is 19.6 Å². The predicted molar refractivity (Wildman–Crippen MR) is 137 cm³/mol. The van der Waals surface area contributed by atoms with Crippen LogP contribution in [0.3, 0.4) is 0 Å². The summed E-state index contributed by atoms with van der Waals surface area (Å²) in [6.45, 7) is 2.34. The third-order valence-corrected chi connectivity index (χ3v) is 6.08. The number of carbonyl (C=O) groups excluding carboxylic acids is 1. The van der Waals surface area contributed by atoms with Crippen molar-refractivity contribution >= 4 is 16.9 Å². The first-order chi connectivity index (χ1) is 18.4. The minimum Gasteiger partial charge on any atom is -0.493 e. The molecule has 1 atom stereocenters. The minimum absolute atomic E-state index is 0.0727. The van der Waals surface area contributed by atoms with Gasteiger partial charge in [0.2, 0.25) is 5.88 Å². The van der Waals surface area contributed by atoms with E-state index in [0.717, 1.165) is 5.56 Å². The molecule has 1 aliphatic heterocycles. The summed E-state index contributed by atoms with van der Waals surface area (Å²) in [4.78, 5) is 25.2. The number of esters is 1. The first kappa shape index (κ1) is 24.5. The van der Waals surface area contributed by atoms with Crippen LogP contribution in [0.25, 0.3) is 11.0 Å². The number of fused-ring (bicyclic) bond motifs is 2. The lowest BCUT2D eigenvalue weighted by Gasteiger charge is -2.27. The van der Waals surface area contributed by atoms with Crippen molar-refractivity contribution in [3.63, 3.8) is 0 Å². The van der Waals surface area contributed by atoms with Gasteiger partial charge in [-0.1, -0.05) is 30.3 Å². The molecule has 9 heteroatoms. The van der Waals surface area contributed by atoms with Crippen LogP contribution in [0.4, 0.5) is 0 Å². The van der Waals surface area contributed by atoms with Crippen LogP contribution >= 0.6 is 0 Å². The molecular weight excluding hydrogens is 488 g/mol. The Bertz CT molecular complexity index is 1700. The Hall–Kier alpha value is -5.23. The van der Waals surface area contributed by atoms with E-state index < -0.39 is 17.5 Å². The quantitative estimate of drug-likeness (QED) is 0.224. The fraction of sp³-hybridized carbons (Fsp3) is 0.138. The number of hydrogen-bond donors (Lipinski definition) is 1. The molecule has 0 saturated carbocycles. The van der Waals surface area contributed by atoms with Crippen molar-refractivity contribution in [1.29, 1.82) is 5.26 Å². The van der Waals surface area contributed by atoms with Crippen molar-refractivity contribution in [3.8, 4) is 29.1 Å². The van der Waals surface area contributed by atoms with Crippen LogP contribution in [-0.4, -0.2) is 19.7 Å². The average molecular weight is 511 g/mol. The van der Waals surface area contributed by atoms with E-state index in [1.165, 1.54) is 19.2 Å². The van der Waals surface area contributed by atoms with E-state index in [-0.39, 0.29) is 22.8 Å². The number of carbonyl (C=O) groups is 1. The van der Waals surface area contributed by atoms with Gasteiger partial charge in [-0.15, -0.1) is 0 Å². The number of benzene rings is 3. The van der Waals surface area contributed by atoms with Crippen LogP contribution in [0, 0.1) is 11.3 Å². The molecule has 0 fully saturated rings. The second kappa shape index (κ2) is 10.0. The maximum absolute atomic E-state index is 12.8. The summed E-state index contributed by atoms with van der Waals surface area (Å²) in [5.74, 6) is -0.0147. The molecule has 1 aromatic heterocycles. The van der Waals surface area contributed by atoms with E-state index in [0.29, 0.717) is 40.4 Å². The van der Waals surface area contributed by atoms with Crippen LogP contribution in [-0.2, 0) is 0 Å². The Kier molecular flexibility index (Phi) is 6.46. The number of rotatable bonds is 6. The molecule has 4 aromatic rings. The molecule has 2 heterocycles. The minimum atomic E-state index is -0.880. The van der Waals surface area contributed by atoms with Crippen LogP contribution in [0.5, 0.6) is 23.0 Å². The number of hydrogen-bond acceptors (Lipinski definition) is 9. The van der Waals surface area contributed by atoms with Gasteiger partial charge < -0.3 is 29.1 Å². The Labute approximate surface area is 217 Å². The summed E-state index contributed by atoms with van der Waals surface area (Å²) in [7, 11) is 1.53. The molecule has 9 nitrogen and oxygen atoms in total. The zero-order valence-electron chi connectivity index (χ0n) is 20.5. The summed E-state index contributed by atoms with van der Waals surface area (Å²) < 4.78 is 27.5. The molecule has 2 N–H and O–H groups in total. The number of ether oxygens (including phenoxy) is 4. The second-order valence-corrected chi connectivity index (χ2v) is 8.34. The van der Waals surface area contributed by atoms with E-state index >= 15 is 0 Å². The summed E-state index contributed by atoms with van der Waals surface area (Å²) in [5, 5.41) is 10.4. The maximum atomic E-state index is 12.8. The smallest absolute Gasteiger partial charge is 0.351 e. The van der Waals surface area contributed by atoms with Gasteiger partial charge in [0.25, 0.3) is 0 Å². The largest absolute Gasteiger partial charge is 0.493 e. The van der Waals surface area contributed by atoms with Gasteiger partial charge in [0, 0.05) is 17.0 Å². The maximum Gasteiger partial charge on any atom is 0.351 e. The van der Waals surface area contributed by atoms with Gasteiger partial charge in [0.15, 0.2) is 11.5 Å². The Morgan fingerprint density at radius 2 is 1.89 bits per heavy atom. The van der Waals surface area contributed by atoms with Gasteiger partial charge in [0.1, 0.15) is 34.3 Å². The summed E-state index contributed by atoms with van der Waals surface area (Å²) in [6, 6.07) is 20.5. The topological polar surface area (TPSA) is 134 Å². The number of methoxy groups -OCH3 is 1. The number of nitrogens with two attached hydrogens (primary N) is 1. The van der Waals surface area contributed by atoms with Gasteiger partial charge in [-0.2, -0.15) is 5.26 Å². The average Bonchev–Trinajstić information content (AvgIpc) is 2.92. The highest BCUT2D eigenvalue weighted by Gasteiger charge is 2.32.